The van der Waals surface area contributed by atoms with Crippen LogP contribution in [0.1, 0.15) is 79.7 Å². The number of fused-ring (bicyclic) bond motifs is 3. The van der Waals surface area contributed by atoms with Crippen LogP contribution < -0.4 is 5.32 Å². The number of halogens is 1. The molecule has 3 heterocycles. The lowest BCUT2D eigenvalue weighted by Gasteiger charge is -2.25. The molecule has 1 aromatic carbocycles. The van der Waals surface area contributed by atoms with Gasteiger partial charge in [0.2, 0.25) is 0 Å². The van der Waals surface area contributed by atoms with E-state index in [1.165, 1.54) is 31.7 Å². The SMILES string of the molecule is C=C/C(N=C(C)C)=C(/C)N=C(C)c1cc(F)c2nn(C)cc2c1.CC.CC1CC2CCC(C1)N2. The van der Waals surface area contributed by atoms with Crippen molar-refractivity contribution in [1.82, 2.24) is 15.1 Å². The second-order valence-corrected chi connectivity index (χ2v) is 9.34. The van der Waals surface area contributed by atoms with E-state index in [-0.39, 0.29) is 5.82 Å². The van der Waals surface area contributed by atoms with E-state index in [1.807, 2.05) is 47.6 Å². The van der Waals surface area contributed by atoms with Crippen molar-refractivity contribution < 1.29 is 4.39 Å². The van der Waals surface area contributed by atoms with E-state index in [9.17, 15) is 4.39 Å². The van der Waals surface area contributed by atoms with Crippen LogP contribution in [0, 0.1) is 11.7 Å². The van der Waals surface area contributed by atoms with Crippen LogP contribution >= 0.6 is 0 Å². The Labute approximate surface area is 205 Å². The van der Waals surface area contributed by atoms with Crippen molar-refractivity contribution in [3.05, 3.63) is 53.8 Å². The van der Waals surface area contributed by atoms with Gasteiger partial charge in [-0.25, -0.2) is 4.39 Å². The minimum absolute atomic E-state index is 0.347. The van der Waals surface area contributed by atoms with Crippen LogP contribution in [0.3, 0.4) is 0 Å². The zero-order valence-electron chi connectivity index (χ0n) is 22.2. The third-order valence-electron chi connectivity index (χ3n) is 6.05. The maximum Gasteiger partial charge on any atom is 0.151 e. The van der Waals surface area contributed by atoms with Crippen LogP contribution in [-0.2, 0) is 7.05 Å². The molecule has 34 heavy (non-hydrogen) atoms. The molecule has 2 bridgehead atoms. The van der Waals surface area contributed by atoms with Gasteiger partial charge < -0.3 is 5.32 Å². The Morgan fingerprint density at radius 3 is 2.29 bits per heavy atom. The molecule has 0 spiro atoms. The Morgan fingerprint density at radius 1 is 1.12 bits per heavy atom. The minimum Gasteiger partial charge on any atom is -0.311 e. The van der Waals surface area contributed by atoms with Gasteiger partial charge in [0.05, 0.1) is 11.4 Å². The average Bonchev–Trinajstić information content (AvgIpc) is 3.34. The Bertz CT molecular complexity index is 1060. The number of rotatable bonds is 4. The molecule has 2 aliphatic heterocycles. The smallest absolute Gasteiger partial charge is 0.151 e. The number of allylic oxidation sites excluding steroid dienone is 2. The summed E-state index contributed by atoms with van der Waals surface area (Å²) in [7, 11) is 1.77. The van der Waals surface area contributed by atoms with E-state index < -0.39 is 0 Å². The van der Waals surface area contributed by atoms with Crippen molar-refractivity contribution in [2.24, 2.45) is 23.0 Å². The van der Waals surface area contributed by atoms with Crippen molar-refractivity contribution in [1.29, 1.82) is 0 Å². The van der Waals surface area contributed by atoms with Crippen molar-refractivity contribution in [3.8, 4) is 0 Å². The minimum atomic E-state index is -0.347. The molecule has 2 atom stereocenters. The van der Waals surface area contributed by atoms with Gasteiger partial charge in [-0.15, -0.1) is 0 Å². The molecule has 0 amide bonds. The first-order valence-corrected chi connectivity index (χ1v) is 12.5. The number of benzene rings is 1. The van der Waals surface area contributed by atoms with Gasteiger partial charge in [-0.1, -0.05) is 27.4 Å². The first-order valence-electron chi connectivity index (χ1n) is 12.5. The van der Waals surface area contributed by atoms with Gasteiger partial charge in [0.1, 0.15) is 5.52 Å². The zero-order chi connectivity index (χ0) is 25.4. The van der Waals surface area contributed by atoms with Crippen LogP contribution in [0.25, 0.3) is 10.9 Å². The highest BCUT2D eigenvalue weighted by Gasteiger charge is 2.30. The van der Waals surface area contributed by atoms with Crippen molar-refractivity contribution in [2.75, 3.05) is 0 Å². The van der Waals surface area contributed by atoms with Crippen LogP contribution in [-0.4, -0.2) is 33.3 Å². The predicted octanol–water partition coefficient (Wildman–Crippen LogP) is 6.98. The number of nitrogens with zero attached hydrogens (tertiary/aromatic N) is 4. The summed E-state index contributed by atoms with van der Waals surface area (Å²) >= 11 is 0. The predicted molar refractivity (Wildman–Crippen MR) is 144 cm³/mol. The summed E-state index contributed by atoms with van der Waals surface area (Å²) < 4.78 is 15.8. The lowest BCUT2D eigenvalue weighted by atomic mass is 9.95. The second-order valence-electron chi connectivity index (χ2n) is 9.34. The zero-order valence-corrected chi connectivity index (χ0v) is 22.2. The number of aliphatic imine (C=N–C) groups is 2. The van der Waals surface area contributed by atoms with Gasteiger partial charge in [-0.05, 0) is 83.1 Å². The van der Waals surface area contributed by atoms with Crippen LogP contribution in [0.5, 0.6) is 0 Å². The van der Waals surface area contributed by atoms with E-state index in [2.05, 4.69) is 33.9 Å². The highest BCUT2D eigenvalue weighted by molar-refractivity contribution is 6.02. The Morgan fingerprint density at radius 2 is 1.74 bits per heavy atom. The van der Waals surface area contributed by atoms with Gasteiger partial charge in [0.25, 0.3) is 0 Å². The standard InChI is InChI=1S/C18H21FN4.C8H15N.C2H6/c1-7-17(20-11(2)3)13(5)21-12(4)14-8-15-10-23(6)22-18(15)16(19)9-14;1-6-4-7-2-3-8(5-6)9-7;1-2/h7-10H,1H2,2-6H3;6-9H,2-5H2,1H3;1-2H3/b17-13+,21-12?;;. The molecule has 0 aliphatic carbocycles. The van der Waals surface area contributed by atoms with Gasteiger partial charge in [0.15, 0.2) is 5.82 Å². The topological polar surface area (TPSA) is 54.6 Å². The molecular weight excluding hydrogens is 425 g/mol. The molecular formula is C28H42FN5. The number of aromatic nitrogens is 2. The summed E-state index contributed by atoms with van der Waals surface area (Å²) in [4.78, 5) is 8.95. The Hall–Kier alpha value is -2.60. The van der Waals surface area contributed by atoms with Gasteiger partial charge >= 0.3 is 0 Å². The summed E-state index contributed by atoms with van der Waals surface area (Å²) in [5.41, 5.74) is 4.19. The molecule has 2 aliphatic rings. The summed E-state index contributed by atoms with van der Waals surface area (Å²) in [6, 6.07) is 5.13. The van der Waals surface area contributed by atoms with Gasteiger partial charge in [-0.3, -0.25) is 14.7 Å². The first-order chi connectivity index (χ1) is 16.2. The summed E-state index contributed by atoms with van der Waals surface area (Å²) in [6.45, 7) is 17.7. The number of aryl methyl sites for hydroxylation is 1. The monoisotopic (exact) mass is 467 g/mol. The molecule has 2 unspecified atom stereocenters. The normalized spacial score (nSPS) is 22.1. The van der Waals surface area contributed by atoms with Crippen molar-refractivity contribution in [3.63, 3.8) is 0 Å². The number of hydrogen-bond acceptors (Lipinski definition) is 4. The quantitative estimate of drug-likeness (QED) is 0.389. The Kier molecular flexibility index (Phi) is 10.4. The largest absolute Gasteiger partial charge is 0.311 e. The third kappa shape index (κ3) is 7.45. The fourth-order valence-corrected chi connectivity index (χ4v) is 4.65. The molecule has 1 N–H and O–H groups in total. The summed E-state index contributed by atoms with van der Waals surface area (Å²) in [5.74, 6) is 0.643. The molecule has 0 saturated carbocycles. The molecule has 2 aromatic rings. The van der Waals surface area contributed by atoms with E-state index in [0.717, 1.165) is 46.1 Å². The van der Waals surface area contributed by atoms with E-state index in [4.69, 9.17) is 0 Å². The van der Waals surface area contributed by atoms with Crippen LogP contribution in [0.2, 0.25) is 0 Å². The number of hydrogen-bond donors (Lipinski definition) is 1. The molecule has 2 saturated heterocycles. The van der Waals surface area contributed by atoms with Gasteiger partial charge in [0, 0.05) is 42.1 Å². The molecule has 1 aromatic heterocycles. The van der Waals surface area contributed by atoms with E-state index in [0.29, 0.717) is 11.2 Å². The number of piperidine rings is 1. The van der Waals surface area contributed by atoms with E-state index >= 15 is 0 Å². The molecule has 5 nitrogen and oxygen atoms in total. The maximum absolute atomic E-state index is 14.2. The third-order valence-corrected chi connectivity index (χ3v) is 6.05. The number of nitrogens with one attached hydrogen (secondary N) is 1. The molecule has 4 rings (SSSR count). The van der Waals surface area contributed by atoms with Crippen LogP contribution in [0.15, 0.2) is 52.4 Å². The van der Waals surface area contributed by atoms with Crippen LogP contribution in [0.4, 0.5) is 4.39 Å². The lowest BCUT2D eigenvalue weighted by Crippen LogP contribution is -2.37. The molecule has 0 radical (unpaired) electrons. The highest BCUT2D eigenvalue weighted by atomic mass is 19.1. The van der Waals surface area contributed by atoms with Gasteiger partial charge in [-0.2, -0.15) is 5.10 Å². The van der Waals surface area contributed by atoms with Crippen molar-refractivity contribution >= 4 is 22.3 Å². The maximum atomic E-state index is 14.2. The summed E-state index contributed by atoms with van der Waals surface area (Å²) in [6.07, 6.45) is 9.19. The fourth-order valence-electron chi connectivity index (χ4n) is 4.65. The molecule has 6 heteroatoms. The fraction of sp³-hybridized carbons (Fsp3) is 0.536. The average molecular weight is 468 g/mol. The second kappa shape index (κ2) is 12.7. The Balaban J connectivity index is 0.000000305. The highest BCUT2D eigenvalue weighted by Crippen LogP contribution is 2.30. The van der Waals surface area contributed by atoms with Crippen molar-refractivity contribution in [2.45, 2.75) is 86.2 Å². The summed E-state index contributed by atoms with van der Waals surface area (Å²) in [5, 5.41) is 8.49. The first kappa shape index (κ1) is 27.6. The molecule has 2 fully saturated rings. The molecule has 186 valence electrons. The lowest BCUT2D eigenvalue weighted by molar-refractivity contribution is 0.319. The van der Waals surface area contributed by atoms with E-state index in [1.54, 1.807) is 24.0 Å².